The zero-order valence-corrected chi connectivity index (χ0v) is 14.5. The fourth-order valence-corrected chi connectivity index (χ4v) is 2.82. The second-order valence-electron chi connectivity index (χ2n) is 6.22. The van der Waals surface area contributed by atoms with Gasteiger partial charge >= 0.3 is 0 Å². The quantitative estimate of drug-likeness (QED) is 0.411. The van der Waals surface area contributed by atoms with Crippen LogP contribution in [0.1, 0.15) is 58.3 Å². The summed E-state index contributed by atoms with van der Waals surface area (Å²) in [5.74, 6) is 0.981. The zero-order chi connectivity index (χ0) is 16.2. The molecule has 0 aliphatic heterocycles. The van der Waals surface area contributed by atoms with Crippen LogP contribution in [-0.2, 0) is 0 Å². The summed E-state index contributed by atoms with van der Waals surface area (Å²) in [5, 5.41) is 0. The molecule has 0 heterocycles. The summed E-state index contributed by atoms with van der Waals surface area (Å²) >= 11 is 0. The predicted octanol–water partition coefficient (Wildman–Crippen LogP) is 6.87. The van der Waals surface area contributed by atoms with Gasteiger partial charge in [0.05, 0.1) is 6.61 Å². The molecule has 0 aliphatic rings. The Hall–Kier alpha value is -1.76. The van der Waals surface area contributed by atoms with Gasteiger partial charge in [-0.1, -0.05) is 94.3 Å². The maximum absolute atomic E-state index is 5.91. The lowest BCUT2D eigenvalue weighted by Crippen LogP contribution is -1.97. The van der Waals surface area contributed by atoms with Crippen molar-refractivity contribution in [2.75, 3.05) is 6.61 Å². The highest BCUT2D eigenvalue weighted by Crippen LogP contribution is 2.23. The molecule has 2 rings (SSSR count). The van der Waals surface area contributed by atoms with Crippen molar-refractivity contribution >= 4 is 0 Å². The fourth-order valence-electron chi connectivity index (χ4n) is 2.82. The zero-order valence-electron chi connectivity index (χ0n) is 14.5. The Labute approximate surface area is 141 Å². The Morgan fingerprint density at radius 3 is 2.04 bits per heavy atom. The molecular weight excluding hydrogens is 280 g/mol. The first-order valence-corrected chi connectivity index (χ1v) is 9.18. The van der Waals surface area contributed by atoms with Gasteiger partial charge in [-0.2, -0.15) is 0 Å². The highest BCUT2D eigenvalue weighted by atomic mass is 16.5. The molecule has 0 bridgehead atoms. The largest absolute Gasteiger partial charge is 0.494 e. The van der Waals surface area contributed by atoms with Gasteiger partial charge in [-0.25, -0.2) is 0 Å². The number of hydrogen-bond acceptors (Lipinski definition) is 1. The van der Waals surface area contributed by atoms with E-state index in [0.717, 1.165) is 18.8 Å². The second-order valence-corrected chi connectivity index (χ2v) is 6.22. The maximum atomic E-state index is 5.91. The Balaban J connectivity index is 1.65. The summed E-state index contributed by atoms with van der Waals surface area (Å²) in [6.45, 7) is 3.09. The average molecular weight is 310 g/mol. The molecule has 0 aliphatic carbocycles. The van der Waals surface area contributed by atoms with Crippen LogP contribution < -0.4 is 4.74 Å². The number of rotatable bonds is 11. The molecule has 0 unspecified atom stereocenters. The van der Waals surface area contributed by atoms with Crippen LogP contribution in [0, 0.1) is 0 Å². The topological polar surface area (TPSA) is 9.23 Å². The van der Waals surface area contributed by atoms with Gasteiger partial charge in [-0.3, -0.25) is 0 Å². The van der Waals surface area contributed by atoms with Crippen molar-refractivity contribution in [2.45, 2.75) is 58.3 Å². The summed E-state index contributed by atoms with van der Waals surface area (Å²) in [6.07, 6.45) is 10.7. The molecule has 0 spiro atoms. The molecule has 0 aromatic heterocycles. The van der Waals surface area contributed by atoms with Crippen molar-refractivity contribution in [3.63, 3.8) is 0 Å². The van der Waals surface area contributed by atoms with E-state index in [2.05, 4.69) is 55.5 Å². The summed E-state index contributed by atoms with van der Waals surface area (Å²) in [6, 6.07) is 18.9. The van der Waals surface area contributed by atoms with Gasteiger partial charge in [-0.05, 0) is 29.7 Å². The molecule has 0 radical (unpaired) electrons. The van der Waals surface area contributed by atoms with E-state index in [1.807, 2.05) is 6.07 Å². The van der Waals surface area contributed by atoms with Gasteiger partial charge in [0.2, 0.25) is 0 Å². The first-order chi connectivity index (χ1) is 11.4. The minimum Gasteiger partial charge on any atom is -0.494 e. The first kappa shape index (κ1) is 17.6. The third-order valence-electron chi connectivity index (χ3n) is 4.21. The molecule has 1 heteroatoms. The highest BCUT2D eigenvalue weighted by Gasteiger charge is 1.99. The van der Waals surface area contributed by atoms with E-state index in [4.69, 9.17) is 4.74 Å². The first-order valence-electron chi connectivity index (χ1n) is 9.18. The van der Waals surface area contributed by atoms with Crippen molar-refractivity contribution < 1.29 is 4.74 Å². The van der Waals surface area contributed by atoms with Crippen LogP contribution in [0.3, 0.4) is 0 Å². The maximum Gasteiger partial charge on any atom is 0.119 e. The number of ether oxygens (including phenoxy) is 1. The summed E-state index contributed by atoms with van der Waals surface area (Å²) in [4.78, 5) is 0. The predicted molar refractivity (Wildman–Crippen MR) is 100.0 cm³/mol. The van der Waals surface area contributed by atoms with Crippen LogP contribution in [0.2, 0.25) is 0 Å². The van der Waals surface area contributed by atoms with Crippen molar-refractivity contribution in [3.8, 4) is 16.9 Å². The van der Waals surface area contributed by atoms with Crippen LogP contribution in [0.25, 0.3) is 11.1 Å². The van der Waals surface area contributed by atoms with Gasteiger partial charge in [-0.15, -0.1) is 0 Å². The minimum atomic E-state index is 0.827. The number of unbranched alkanes of at least 4 members (excludes halogenated alkanes) is 7. The molecule has 0 saturated carbocycles. The molecular formula is C22H30O. The highest BCUT2D eigenvalue weighted by molar-refractivity contribution is 5.64. The molecule has 0 N–H and O–H groups in total. The molecule has 0 saturated heterocycles. The summed E-state index contributed by atoms with van der Waals surface area (Å²) < 4.78 is 5.91. The molecule has 2 aromatic rings. The van der Waals surface area contributed by atoms with Crippen LogP contribution >= 0.6 is 0 Å². The Morgan fingerprint density at radius 1 is 0.652 bits per heavy atom. The van der Waals surface area contributed by atoms with E-state index < -0.39 is 0 Å². The van der Waals surface area contributed by atoms with Gasteiger partial charge in [0.25, 0.3) is 0 Å². The lowest BCUT2D eigenvalue weighted by molar-refractivity contribution is 0.304. The van der Waals surface area contributed by atoms with Gasteiger partial charge in [0.1, 0.15) is 5.75 Å². The van der Waals surface area contributed by atoms with E-state index in [1.165, 1.54) is 56.1 Å². The standard InChI is InChI=1S/C22H30O/c1-2-3-4-5-6-7-8-12-18-23-22-17-13-16-21(19-22)20-14-10-9-11-15-20/h9-11,13-17,19H,2-8,12,18H2,1H3. The number of hydrogen-bond donors (Lipinski definition) is 0. The Bertz CT molecular complexity index is 533. The van der Waals surface area contributed by atoms with Gasteiger partial charge in [0.15, 0.2) is 0 Å². The van der Waals surface area contributed by atoms with Gasteiger partial charge in [0, 0.05) is 0 Å². The van der Waals surface area contributed by atoms with Crippen LogP contribution in [0.4, 0.5) is 0 Å². The third-order valence-corrected chi connectivity index (χ3v) is 4.21. The van der Waals surface area contributed by atoms with Crippen molar-refractivity contribution in [1.82, 2.24) is 0 Å². The monoisotopic (exact) mass is 310 g/mol. The summed E-state index contributed by atoms with van der Waals surface area (Å²) in [7, 11) is 0. The van der Waals surface area contributed by atoms with Crippen molar-refractivity contribution in [3.05, 3.63) is 54.6 Å². The Morgan fingerprint density at radius 2 is 1.30 bits per heavy atom. The van der Waals surface area contributed by atoms with Crippen molar-refractivity contribution in [2.24, 2.45) is 0 Å². The van der Waals surface area contributed by atoms with E-state index >= 15 is 0 Å². The fraction of sp³-hybridized carbons (Fsp3) is 0.455. The molecule has 23 heavy (non-hydrogen) atoms. The van der Waals surface area contributed by atoms with Crippen LogP contribution in [0.5, 0.6) is 5.75 Å². The number of benzene rings is 2. The third kappa shape index (κ3) is 6.90. The Kier molecular flexibility index (Phi) is 8.32. The smallest absolute Gasteiger partial charge is 0.119 e. The molecule has 124 valence electrons. The van der Waals surface area contributed by atoms with Crippen molar-refractivity contribution in [1.29, 1.82) is 0 Å². The average Bonchev–Trinajstić information content (AvgIpc) is 2.61. The van der Waals surface area contributed by atoms with E-state index in [1.54, 1.807) is 0 Å². The molecule has 0 fully saturated rings. The second kappa shape index (κ2) is 10.9. The van der Waals surface area contributed by atoms with Crippen LogP contribution in [0.15, 0.2) is 54.6 Å². The molecule has 1 nitrogen and oxygen atoms in total. The van der Waals surface area contributed by atoms with E-state index in [9.17, 15) is 0 Å². The lowest BCUT2D eigenvalue weighted by Gasteiger charge is -2.08. The SMILES string of the molecule is CCCCCCCCCCOc1cccc(-c2ccccc2)c1. The minimum absolute atomic E-state index is 0.827. The lowest BCUT2D eigenvalue weighted by atomic mass is 10.1. The van der Waals surface area contributed by atoms with Crippen LogP contribution in [-0.4, -0.2) is 6.61 Å². The molecule has 2 aromatic carbocycles. The van der Waals surface area contributed by atoms with E-state index in [-0.39, 0.29) is 0 Å². The summed E-state index contributed by atoms with van der Waals surface area (Å²) in [5.41, 5.74) is 2.46. The molecule has 0 amide bonds. The normalized spacial score (nSPS) is 10.7. The van der Waals surface area contributed by atoms with Gasteiger partial charge < -0.3 is 4.74 Å². The van der Waals surface area contributed by atoms with E-state index in [0.29, 0.717) is 0 Å². The molecule has 0 atom stereocenters.